The van der Waals surface area contributed by atoms with Crippen LogP contribution < -0.4 is 0 Å². The molecule has 2 aromatic rings. The monoisotopic (exact) mass is 353 g/mol. The van der Waals surface area contributed by atoms with Gasteiger partial charge in [0.1, 0.15) is 11.5 Å². The summed E-state index contributed by atoms with van der Waals surface area (Å²) in [5.74, 6) is 1.52. The number of furan rings is 1. The Kier molecular flexibility index (Phi) is 5.19. The van der Waals surface area contributed by atoms with E-state index in [1.165, 1.54) is 19.3 Å². The first-order chi connectivity index (χ1) is 10.6. The average molecular weight is 354 g/mol. The van der Waals surface area contributed by atoms with Gasteiger partial charge in [0, 0.05) is 12.1 Å². The third-order valence-electron chi connectivity index (χ3n) is 3.90. The van der Waals surface area contributed by atoms with Crippen molar-refractivity contribution < 1.29 is 4.42 Å². The van der Waals surface area contributed by atoms with Crippen LogP contribution in [0.15, 0.2) is 34.7 Å². The van der Waals surface area contributed by atoms with E-state index >= 15 is 0 Å². The van der Waals surface area contributed by atoms with Crippen molar-refractivity contribution in [2.75, 3.05) is 19.6 Å². The second-order valence-corrected chi connectivity index (χ2v) is 6.86. The Hall–Kier alpha value is -0.870. The maximum atomic E-state index is 6.06. The van der Waals surface area contributed by atoms with E-state index in [0.717, 1.165) is 41.6 Å². The first kappa shape index (κ1) is 16.0. The van der Waals surface area contributed by atoms with Crippen LogP contribution in [0.2, 0.25) is 10.0 Å². The fraction of sp³-hybridized carbons (Fsp3) is 0.353. The van der Waals surface area contributed by atoms with Crippen molar-refractivity contribution in [1.82, 2.24) is 4.90 Å². The molecule has 3 rings (SSSR count). The molecular formula is C17H17Cl2NOS. The van der Waals surface area contributed by atoms with E-state index in [1.54, 1.807) is 12.1 Å². The predicted octanol–water partition coefficient (Wildman–Crippen LogP) is 5.46. The molecule has 0 atom stereocenters. The lowest BCUT2D eigenvalue weighted by atomic mass is 10.1. The summed E-state index contributed by atoms with van der Waals surface area (Å²) >= 11 is 17.5. The number of benzene rings is 1. The van der Waals surface area contributed by atoms with Gasteiger partial charge in [-0.2, -0.15) is 0 Å². The molecule has 2 nitrogen and oxygen atoms in total. The molecule has 1 aromatic carbocycles. The van der Waals surface area contributed by atoms with Gasteiger partial charge in [0.05, 0.1) is 14.9 Å². The van der Waals surface area contributed by atoms with E-state index in [1.807, 2.05) is 18.2 Å². The largest absolute Gasteiger partial charge is 0.456 e. The number of hydrogen-bond acceptors (Lipinski definition) is 3. The Bertz CT molecular complexity index is 677. The molecule has 0 spiro atoms. The van der Waals surface area contributed by atoms with Crippen LogP contribution in [0.5, 0.6) is 0 Å². The first-order valence-electron chi connectivity index (χ1n) is 7.44. The zero-order chi connectivity index (χ0) is 15.5. The van der Waals surface area contributed by atoms with Crippen molar-refractivity contribution in [3.63, 3.8) is 0 Å². The van der Waals surface area contributed by atoms with Crippen LogP contribution >= 0.6 is 35.4 Å². The number of likely N-dealkylation sites (tertiary alicyclic amines) is 1. The molecule has 22 heavy (non-hydrogen) atoms. The summed E-state index contributed by atoms with van der Waals surface area (Å²) in [5, 5.41) is 1.06. The van der Waals surface area contributed by atoms with Crippen LogP contribution in [0, 0.1) is 0 Å². The number of nitrogens with zero attached hydrogens (tertiary/aromatic N) is 1. The van der Waals surface area contributed by atoms with E-state index in [9.17, 15) is 0 Å². The highest BCUT2D eigenvalue weighted by atomic mass is 35.5. The normalized spacial score (nSPS) is 15.9. The minimum absolute atomic E-state index is 0.521. The van der Waals surface area contributed by atoms with Crippen molar-refractivity contribution >= 4 is 40.3 Å². The molecule has 5 heteroatoms. The molecule has 2 heterocycles. The minimum Gasteiger partial charge on any atom is -0.456 e. The smallest absolute Gasteiger partial charge is 0.142 e. The van der Waals surface area contributed by atoms with Gasteiger partial charge in [0.15, 0.2) is 0 Å². The molecule has 0 bridgehead atoms. The van der Waals surface area contributed by atoms with Crippen molar-refractivity contribution in [1.29, 1.82) is 0 Å². The lowest BCUT2D eigenvalue weighted by Gasteiger charge is -2.26. The van der Waals surface area contributed by atoms with Gasteiger partial charge in [-0.3, -0.25) is 4.90 Å². The number of piperidine rings is 1. The Morgan fingerprint density at radius 3 is 2.55 bits per heavy atom. The zero-order valence-electron chi connectivity index (χ0n) is 12.1. The maximum Gasteiger partial charge on any atom is 0.142 e. The van der Waals surface area contributed by atoms with Crippen molar-refractivity contribution in [2.45, 2.75) is 19.3 Å². The van der Waals surface area contributed by atoms with Gasteiger partial charge < -0.3 is 4.42 Å². The molecule has 116 valence electrons. The molecule has 1 fully saturated rings. The summed E-state index contributed by atoms with van der Waals surface area (Å²) in [4.78, 5) is 3.25. The number of rotatable bonds is 4. The molecule has 0 N–H and O–H groups in total. The highest BCUT2D eigenvalue weighted by Crippen LogP contribution is 2.29. The fourth-order valence-corrected chi connectivity index (χ4v) is 3.28. The van der Waals surface area contributed by atoms with Gasteiger partial charge in [-0.05, 0) is 56.3 Å². The summed E-state index contributed by atoms with van der Waals surface area (Å²) in [6, 6.07) is 9.33. The molecule has 1 aromatic heterocycles. The topological polar surface area (TPSA) is 16.4 Å². The van der Waals surface area contributed by atoms with E-state index in [2.05, 4.69) is 4.90 Å². The van der Waals surface area contributed by atoms with Gasteiger partial charge in [-0.1, -0.05) is 41.8 Å². The molecule has 0 aliphatic carbocycles. The lowest BCUT2D eigenvalue weighted by Crippen LogP contribution is -2.34. The third-order valence-corrected chi connectivity index (χ3v) is 4.97. The van der Waals surface area contributed by atoms with Crippen LogP contribution in [0.25, 0.3) is 11.3 Å². The summed E-state index contributed by atoms with van der Waals surface area (Å²) in [7, 11) is 0. The van der Waals surface area contributed by atoms with Crippen LogP contribution in [0.1, 0.15) is 25.0 Å². The highest BCUT2D eigenvalue weighted by Gasteiger charge is 2.15. The lowest BCUT2D eigenvalue weighted by molar-refractivity contribution is 0.259. The Morgan fingerprint density at radius 1 is 1.05 bits per heavy atom. The van der Waals surface area contributed by atoms with Crippen molar-refractivity contribution in [3.8, 4) is 11.3 Å². The van der Waals surface area contributed by atoms with Gasteiger partial charge in [-0.25, -0.2) is 0 Å². The highest BCUT2D eigenvalue weighted by molar-refractivity contribution is 7.80. The minimum atomic E-state index is 0.521. The first-order valence-corrected chi connectivity index (χ1v) is 8.61. The molecule has 0 amide bonds. The number of halogens is 2. The van der Waals surface area contributed by atoms with E-state index in [0.29, 0.717) is 10.0 Å². The third kappa shape index (κ3) is 3.72. The summed E-state index contributed by atoms with van der Waals surface area (Å²) < 4.78 is 5.90. The molecular weight excluding hydrogens is 337 g/mol. The molecule has 1 aliphatic rings. The Labute approximate surface area is 146 Å². The van der Waals surface area contributed by atoms with Crippen LogP contribution in [-0.2, 0) is 0 Å². The van der Waals surface area contributed by atoms with Crippen molar-refractivity contribution in [3.05, 3.63) is 46.1 Å². The van der Waals surface area contributed by atoms with E-state index in [-0.39, 0.29) is 0 Å². The van der Waals surface area contributed by atoms with Gasteiger partial charge >= 0.3 is 0 Å². The summed E-state index contributed by atoms with van der Waals surface area (Å²) in [5.41, 5.74) is 0.904. The van der Waals surface area contributed by atoms with E-state index < -0.39 is 0 Å². The molecule has 0 unspecified atom stereocenters. The Balaban J connectivity index is 1.72. The second-order valence-electron chi connectivity index (χ2n) is 5.55. The molecule has 0 saturated carbocycles. The zero-order valence-corrected chi connectivity index (χ0v) is 14.5. The fourth-order valence-electron chi connectivity index (χ4n) is 2.69. The second kappa shape index (κ2) is 7.14. The number of hydrogen-bond donors (Lipinski definition) is 0. The Morgan fingerprint density at radius 2 is 1.82 bits per heavy atom. The molecule has 1 aliphatic heterocycles. The van der Waals surface area contributed by atoms with Crippen LogP contribution in [0.3, 0.4) is 0 Å². The quantitative estimate of drug-likeness (QED) is 0.536. The predicted molar refractivity (Wildman–Crippen MR) is 96.2 cm³/mol. The standard InChI is InChI=1S/C17H17Cl2NOS/c18-13-5-4-12(10-14(13)19)15-6-7-16(21-15)17(22)11-20-8-2-1-3-9-20/h4-7,10H,1-3,8-9,11H2. The number of thiocarbonyl (C=S) groups is 1. The molecule has 1 saturated heterocycles. The summed E-state index contributed by atoms with van der Waals surface area (Å²) in [6.45, 7) is 3.05. The van der Waals surface area contributed by atoms with Crippen LogP contribution in [0.4, 0.5) is 0 Å². The molecule has 0 radical (unpaired) electrons. The van der Waals surface area contributed by atoms with Crippen molar-refractivity contribution in [2.24, 2.45) is 0 Å². The van der Waals surface area contributed by atoms with Crippen LogP contribution in [-0.4, -0.2) is 29.4 Å². The van der Waals surface area contributed by atoms with E-state index in [4.69, 9.17) is 39.8 Å². The van der Waals surface area contributed by atoms with Gasteiger partial charge in [-0.15, -0.1) is 0 Å². The SMILES string of the molecule is S=C(CN1CCCCC1)c1ccc(-c2ccc(Cl)c(Cl)c2)o1. The summed E-state index contributed by atoms with van der Waals surface area (Å²) in [6.07, 6.45) is 3.84. The van der Waals surface area contributed by atoms with Gasteiger partial charge in [0.2, 0.25) is 0 Å². The maximum absolute atomic E-state index is 6.06. The average Bonchev–Trinajstić information content (AvgIpc) is 3.01. The van der Waals surface area contributed by atoms with Gasteiger partial charge in [0.25, 0.3) is 0 Å².